The number of amides is 2. The molecule has 0 bridgehead atoms. The maximum Gasteiger partial charge on any atom is 0.315 e. The van der Waals surface area contributed by atoms with E-state index in [0.717, 1.165) is 38.5 Å². The molecule has 0 radical (unpaired) electrons. The van der Waals surface area contributed by atoms with Gasteiger partial charge >= 0.3 is 6.03 Å². The van der Waals surface area contributed by atoms with Gasteiger partial charge in [-0.15, -0.1) is 0 Å². The van der Waals surface area contributed by atoms with Crippen LogP contribution in [0, 0.1) is 5.92 Å². The van der Waals surface area contributed by atoms with E-state index in [1.807, 2.05) is 6.07 Å². The Bertz CT molecular complexity index is 772. The molecule has 1 fully saturated rings. The summed E-state index contributed by atoms with van der Waals surface area (Å²) in [6.07, 6.45) is 11.0. The zero-order valence-electron chi connectivity index (χ0n) is 20.5. The topological polar surface area (TPSA) is 44.4 Å². The van der Waals surface area contributed by atoms with Gasteiger partial charge in [0.05, 0.1) is 6.04 Å². The van der Waals surface area contributed by atoms with Crippen molar-refractivity contribution in [3.05, 3.63) is 71.8 Å². The average molecular weight is 450 g/mol. The van der Waals surface area contributed by atoms with E-state index in [0.29, 0.717) is 0 Å². The molecule has 3 rings (SSSR count). The zero-order chi connectivity index (χ0) is 23.1. The fraction of sp³-hybridized carbons (Fsp3) is 0.552. The lowest BCUT2D eigenvalue weighted by Gasteiger charge is -2.34. The largest absolute Gasteiger partial charge is 0.338 e. The second-order valence-electron chi connectivity index (χ2n) is 9.56. The number of unbranched alkanes of at least 4 members (excludes halogenated alkanes) is 5. The van der Waals surface area contributed by atoms with Gasteiger partial charge in [-0.3, -0.25) is 0 Å². The zero-order valence-corrected chi connectivity index (χ0v) is 20.5. The molecule has 2 amide bonds. The molecule has 2 aromatic carbocycles. The Hall–Kier alpha value is -2.33. The SMILES string of the molecule is CCCCCCCCNC(=O)N[C@@H](CN1CCC(Cc2ccccc2)CC1)c1ccccc1. The van der Waals surface area contributed by atoms with Crippen molar-refractivity contribution in [2.24, 2.45) is 5.92 Å². The van der Waals surface area contributed by atoms with Crippen LogP contribution < -0.4 is 10.6 Å². The van der Waals surface area contributed by atoms with Gasteiger partial charge in [0.2, 0.25) is 0 Å². The molecular formula is C29H43N3O. The number of likely N-dealkylation sites (tertiary alicyclic amines) is 1. The Labute approximate surface area is 201 Å². The van der Waals surface area contributed by atoms with Crippen LogP contribution >= 0.6 is 0 Å². The molecule has 0 unspecified atom stereocenters. The molecule has 1 aliphatic rings. The van der Waals surface area contributed by atoms with Crippen LogP contribution in [0.3, 0.4) is 0 Å². The summed E-state index contributed by atoms with van der Waals surface area (Å²) in [6.45, 7) is 6.06. The van der Waals surface area contributed by atoms with Crippen molar-refractivity contribution < 1.29 is 4.79 Å². The summed E-state index contributed by atoms with van der Waals surface area (Å²) in [5.74, 6) is 0.757. The third-order valence-electron chi connectivity index (χ3n) is 6.84. The van der Waals surface area contributed by atoms with Gasteiger partial charge in [0.1, 0.15) is 0 Å². The first-order valence-corrected chi connectivity index (χ1v) is 13.1. The van der Waals surface area contributed by atoms with Crippen LogP contribution in [-0.4, -0.2) is 37.1 Å². The lowest BCUT2D eigenvalue weighted by molar-refractivity contribution is 0.167. The molecule has 1 atom stereocenters. The molecule has 0 spiro atoms. The number of hydrogen-bond acceptors (Lipinski definition) is 2. The van der Waals surface area contributed by atoms with Crippen molar-refractivity contribution in [1.29, 1.82) is 0 Å². The third-order valence-corrected chi connectivity index (χ3v) is 6.84. The van der Waals surface area contributed by atoms with Crippen molar-refractivity contribution in [3.8, 4) is 0 Å². The maximum atomic E-state index is 12.6. The molecule has 4 heteroatoms. The highest BCUT2D eigenvalue weighted by Gasteiger charge is 2.23. The minimum Gasteiger partial charge on any atom is -0.338 e. The second kappa shape index (κ2) is 14.7. The van der Waals surface area contributed by atoms with Crippen molar-refractivity contribution in [3.63, 3.8) is 0 Å². The summed E-state index contributed by atoms with van der Waals surface area (Å²) in [5, 5.41) is 6.33. The number of nitrogens with zero attached hydrogens (tertiary/aromatic N) is 1. The third kappa shape index (κ3) is 9.59. The van der Waals surface area contributed by atoms with Crippen molar-refractivity contribution >= 4 is 6.03 Å². The summed E-state index contributed by atoms with van der Waals surface area (Å²) in [4.78, 5) is 15.1. The molecule has 1 saturated heterocycles. The van der Waals surface area contributed by atoms with Crippen molar-refractivity contribution in [2.45, 2.75) is 70.8 Å². The number of hydrogen-bond donors (Lipinski definition) is 2. The number of carbonyl (C=O) groups is 1. The van der Waals surface area contributed by atoms with E-state index < -0.39 is 0 Å². The average Bonchev–Trinajstić information content (AvgIpc) is 2.85. The van der Waals surface area contributed by atoms with Crippen LogP contribution in [0.15, 0.2) is 60.7 Å². The van der Waals surface area contributed by atoms with Gasteiger partial charge in [-0.2, -0.15) is 0 Å². The van der Waals surface area contributed by atoms with Crippen molar-refractivity contribution in [1.82, 2.24) is 15.5 Å². The Kier molecular flexibility index (Phi) is 11.3. The number of carbonyl (C=O) groups excluding carboxylic acids is 1. The van der Waals surface area contributed by atoms with Crippen LogP contribution in [0.4, 0.5) is 4.79 Å². The first kappa shape index (κ1) is 25.3. The highest BCUT2D eigenvalue weighted by atomic mass is 16.2. The number of piperidine rings is 1. The second-order valence-corrected chi connectivity index (χ2v) is 9.56. The van der Waals surface area contributed by atoms with E-state index in [1.165, 1.54) is 62.5 Å². The van der Waals surface area contributed by atoms with E-state index >= 15 is 0 Å². The minimum absolute atomic E-state index is 0.0152. The molecule has 1 heterocycles. The van der Waals surface area contributed by atoms with Gasteiger partial charge < -0.3 is 15.5 Å². The maximum absolute atomic E-state index is 12.6. The lowest BCUT2D eigenvalue weighted by Crippen LogP contribution is -2.45. The Balaban J connectivity index is 1.43. The van der Waals surface area contributed by atoms with Crippen molar-refractivity contribution in [2.75, 3.05) is 26.2 Å². The normalized spacial score (nSPS) is 15.8. The Morgan fingerprint density at radius 3 is 2.24 bits per heavy atom. The quantitative estimate of drug-likeness (QED) is 0.350. The van der Waals surface area contributed by atoms with Gasteiger partial charge in [-0.25, -0.2) is 4.79 Å². The predicted molar refractivity (Wildman–Crippen MR) is 138 cm³/mol. The van der Waals surface area contributed by atoms with Crippen LogP contribution in [-0.2, 0) is 6.42 Å². The molecule has 0 saturated carbocycles. The molecule has 0 aromatic heterocycles. The van der Waals surface area contributed by atoms with Gasteiger partial charge in [-0.1, -0.05) is 99.7 Å². The number of rotatable bonds is 13. The molecule has 0 aliphatic carbocycles. The molecular weight excluding hydrogens is 406 g/mol. The summed E-state index contributed by atoms with van der Waals surface area (Å²) >= 11 is 0. The smallest absolute Gasteiger partial charge is 0.315 e. The lowest BCUT2D eigenvalue weighted by atomic mass is 9.90. The summed E-state index contributed by atoms with van der Waals surface area (Å²) in [5.41, 5.74) is 2.63. The minimum atomic E-state index is -0.0450. The fourth-order valence-corrected chi connectivity index (χ4v) is 4.82. The first-order valence-electron chi connectivity index (χ1n) is 13.1. The number of urea groups is 1. The van der Waals surface area contributed by atoms with E-state index in [2.05, 4.69) is 77.1 Å². The molecule has 1 aliphatic heterocycles. The molecule has 4 nitrogen and oxygen atoms in total. The fourth-order valence-electron chi connectivity index (χ4n) is 4.82. The molecule has 180 valence electrons. The van der Waals surface area contributed by atoms with E-state index in [1.54, 1.807) is 0 Å². The summed E-state index contributed by atoms with van der Waals surface area (Å²) < 4.78 is 0. The Morgan fingerprint density at radius 2 is 1.55 bits per heavy atom. The predicted octanol–water partition coefficient (Wildman–Crippen LogP) is 6.34. The standard InChI is InChI=1S/C29H43N3O/c1-2-3-4-5-6-13-20-30-29(33)31-28(27-16-11-8-12-17-27)24-32-21-18-26(19-22-32)23-25-14-9-7-10-15-25/h7-12,14-17,26,28H,2-6,13,18-24H2,1H3,(H2,30,31,33)/t28-/m0/s1. The van der Waals surface area contributed by atoms with E-state index in [9.17, 15) is 4.79 Å². The van der Waals surface area contributed by atoms with Crippen LogP contribution in [0.5, 0.6) is 0 Å². The summed E-state index contributed by atoms with van der Waals surface area (Å²) in [7, 11) is 0. The molecule has 2 aromatic rings. The van der Waals surface area contributed by atoms with Crippen LogP contribution in [0.1, 0.15) is 75.5 Å². The van der Waals surface area contributed by atoms with Crippen LogP contribution in [0.2, 0.25) is 0 Å². The highest BCUT2D eigenvalue weighted by molar-refractivity contribution is 5.74. The van der Waals surface area contributed by atoms with E-state index in [-0.39, 0.29) is 12.1 Å². The molecule has 2 N–H and O–H groups in total. The highest BCUT2D eigenvalue weighted by Crippen LogP contribution is 2.24. The Morgan fingerprint density at radius 1 is 0.909 bits per heavy atom. The first-order chi connectivity index (χ1) is 16.2. The monoisotopic (exact) mass is 449 g/mol. The molecule has 33 heavy (non-hydrogen) atoms. The number of nitrogens with one attached hydrogen (secondary N) is 2. The van der Waals surface area contributed by atoms with Crippen LogP contribution in [0.25, 0.3) is 0 Å². The van der Waals surface area contributed by atoms with Gasteiger partial charge in [0, 0.05) is 13.1 Å². The van der Waals surface area contributed by atoms with E-state index in [4.69, 9.17) is 0 Å². The summed E-state index contributed by atoms with van der Waals surface area (Å²) in [6, 6.07) is 21.2. The van der Waals surface area contributed by atoms with Gasteiger partial charge in [0.15, 0.2) is 0 Å². The number of benzene rings is 2. The van der Waals surface area contributed by atoms with Gasteiger partial charge in [-0.05, 0) is 55.8 Å². The van der Waals surface area contributed by atoms with Gasteiger partial charge in [0.25, 0.3) is 0 Å².